The molecule has 1 aliphatic rings. The predicted molar refractivity (Wildman–Crippen MR) is 109 cm³/mol. The molecule has 6 heteroatoms. The molecule has 0 spiro atoms. The van der Waals surface area contributed by atoms with Crippen LogP contribution in [-0.4, -0.2) is 30.4 Å². The zero-order chi connectivity index (χ0) is 20.7. The van der Waals surface area contributed by atoms with E-state index in [-0.39, 0.29) is 24.5 Å². The highest BCUT2D eigenvalue weighted by Crippen LogP contribution is 2.40. The molecule has 0 bridgehead atoms. The molecule has 2 amide bonds. The summed E-state index contributed by atoms with van der Waals surface area (Å²) in [6, 6.07) is 6.60. The summed E-state index contributed by atoms with van der Waals surface area (Å²) >= 11 is 0. The molecule has 0 aromatic heterocycles. The highest BCUT2D eigenvalue weighted by Gasteiger charge is 2.32. The second-order valence-electron chi connectivity index (χ2n) is 8.30. The van der Waals surface area contributed by atoms with Crippen LogP contribution in [0.25, 0.3) is 0 Å². The number of rotatable bonds is 7. The number of hydrogen-bond donors (Lipinski definition) is 2. The van der Waals surface area contributed by atoms with Gasteiger partial charge in [0.2, 0.25) is 5.91 Å². The highest BCUT2D eigenvalue weighted by atomic mass is 16.5. The van der Waals surface area contributed by atoms with E-state index in [9.17, 15) is 14.4 Å². The van der Waals surface area contributed by atoms with E-state index in [2.05, 4.69) is 31.4 Å². The fraction of sp³-hybridized carbons (Fsp3) is 0.591. The summed E-state index contributed by atoms with van der Waals surface area (Å²) in [5, 5.41) is 5.59. The fourth-order valence-corrected chi connectivity index (χ4v) is 3.72. The Labute approximate surface area is 167 Å². The molecule has 0 radical (unpaired) electrons. The van der Waals surface area contributed by atoms with Crippen LogP contribution in [0.5, 0.6) is 0 Å². The largest absolute Gasteiger partial charge is 0.452 e. The first-order chi connectivity index (χ1) is 13.2. The molecule has 28 heavy (non-hydrogen) atoms. The van der Waals surface area contributed by atoms with Gasteiger partial charge >= 0.3 is 5.97 Å². The van der Waals surface area contributed by atoms with Crippen molar-refractivity contribution in [2.45, 2.75) is 65.8 Å². The van der Waals surface area contributed by atoms with Crippen LogP contribution in [0.1, 0.15) is 70.2 Å². The van der Waals surface area contributed by atoms with Crippen molar-refractivity contribution in [3.8, 4) is 0 Å². The maximum Gasteiger partial charge on any atom is 0.338 e. The molecular formula is C22H32N2O4. The van der Waals surface area contributed by atoms with Crippen LogP contribution in [0.3, 0.4) is 0 Å². The standard InChI is InChI=1S/C22H32N2O4/c1-5-22(3,4)17-9-11-18(12-10-17)24-20(26)14-28-21(27)16-7-6-8-19(13-16)23-15(2)25/h6-8,13,17-18H,5,9-12,14H2,1-4H3,(H,23,25)(H,24,26). The highest BCUT2D eigenvalue weighted by molar-refractivity contribution is 5.94. The third-order valence-corrected chi connectivity index (χ3v) is 5.86. The molecule has 1 aliphatic carbocycles. The minimum Gasteiger partial charge on any atom is -0.452 e. The molecule has 6 nitrogen and oxygen atoms in total. The number of amides is 2. The monoisotopic (exact) mass is 388 g/mol. The summed E-state index contributed by atoms with van der Waals surface area (Å²) in [6.07, 6.45) is 5.32. The summed E-state index contributed by atoms with van der Waals surface area (Å²) in [5.74, 6) is -0.387. The van der Waals surface area contributed by atoms with Crippen LogP contribution in [0, 0.1) is 11.3 Å². The van der Waals surface area contributed by atoms with Gasteiger partial charge in [0, 0.05) is 18.7 Å². The van der Waals surface area contributed by atoms with Crippen LogP contribution < -0.4 is 10.6 Å². The molecule has 1 saturated carbocycles. The lowest BCUT2D eigenvalue weighted by Gasteiger charge is -2.39. The normalized spacial score (nSPS) is 19.6. The second-order valence-corrected chi connectivity index (χ2v) is 8.30. The van der Waals surface area contributed by atoms with E-state index in [1.165, 1.54) is 13.0 Å². The lowest BCUT2D eigenvalue weighted by atomic mass is 9.69. The molecule has 2 N–H and O–H groups in total. The van der Waals surface area contributed by atoms with Gasteiger partial charge in [0.25, 0.3) is 5.91 Å². The number of anilines is 1. The minimum absolute atomic E-state index is 0.151. The summed E-state index contributed by atoms with van der Waals surface area (Å²) in [6.45, 7) is 7.96. The fourth-order valence-electron chi connectivity index (χ4n) is 3.72. The van der Waals surface area contributed by atoms with Crippen molar-refractivity contribution in [2.75, 3.05) is 11.9 Å². The van der Waals surface area contributed by atoms with Gasteiger partial charge in [-0.1, -0.05) is 33.3 Å². The van der Waals surface area contributed by atoms with Gasteiger partial charge in [0.05, 0.1) is 5.56 Å². The smallest absolute Gasteiger partial charge is 0.338 e. The molecule has 1 aromatic carbocycles. The Morgan fingerprint density at radius 3 is 2.43 bits per heavy atom. The quantitative estimate of drug-likeness (QED) is 0.694. The summed E-state index contributed by atoms with van der Waals surface area (Å²) in [4.78, 5) is 35.4. The van der Waals surface area contributed by atoms with E-state index in [1.807, 2.05) is 0 Å². The average Bonchev–Trinajstić information content (AvgIpc) is 2.66. The van der Waals surface area contributed by atoms with Gasteiger partial charge in [0.1, 0.15) is 0 Å². The molecule has 1 fully saturated rings. The first-order valence-electron chi connectivity index (χ1n) is 10.1. The number of nitrogens with one attached hydrogen (secondary N) is 2. The van der Waals surface area contributed by atoms with Crippen LogP contribution >= 0.6 is 0 Å². The average molecular weight is 389 g/mol. The van der Waals surface area contributed by atoms with Crippen molar-refractivity contribution in [1.82, 2.24) is 5.32 Å². The van der Waals surface area contributed by atoms with Crippen LogP contribution in [-0.2, 0) is 14.3 Å². The molecule has 0 aliphatic heterocycles. The molecule has 154 valence electrons. The van der Waals surface area contributed by atoms with Crippen molar-refractivity contribution in [2.24, 2.45) is 11.3 Å². The SMILES string of the molecule is CCC(C)(C)C1CCC(NC(=O)COC(=O)c2cccc(NC(C)=O)c2)CC1. The molecule has 0 unspecified atom stereocenters. The number of esters is 1. The van der Waals surface area contributed by atoms with Gasteiger partial charge in [-0.25, -0.2) is 4.79 Å². The minimum atomic E-state index is -0.587. The first kappa shape index (κ1) is 21.9. The topological polar surface area (TPSA) is 84.5 Å². The van der Waals surface area contributed by atoms with E-state index in [4.69, 9.17) is 4.74 Å². The Hall–Kier alpha value is -2.37. The van der Waals surface area contributed by atoms with Crippen molar-refractivity contribution >= 4 is 23.5 Å². The predicted octanol–water partition coefficient (Wildman–Crippen LogP) is 3.91. The Morgan fingerprint density at radius 2 is 1.82 bits per heavy atom. The third kappa shape index (κ3) is 6.36. The van der Waals surface area contributed by atoms with E-state index in [1.54, 1.807) is 18.2 Å². The Balaban J connectivity index is 1.77. The van der Waals surface area contributed by atoms with E-state index >= 15 is 0 Å². The number of carbonyl (C=O) groups excluding carboxylic acids is 3. The maximum absolute atomic E-state index is 12.2. The van der Waals surface area contributed by atoms with Crippen LogP contribution in [0.2, 0.25) is 0 Å². The van der Waals surface area contributed by atoms with Gasteiger partial charge in [-0.2, -0.15) is 0 Å². The van der Waals surface area contributed by atoms with Crippen molar-refractivity contribution in [3.63, 3.8) is 0 Å². The summed E-state index contributed by atoms with van der Waals surface area (Å²) in [5.41, 5.74) is 1.15. The Morgan fingerprint density at radius 1 is 1.14 bits per heavy atom. The van der Waals surface area contributed by atoms with Gasteiger partial charge in [-0.05, 0) is 55.2 Å². The molecule has 0 saturated heterocycles. The van der Waals surface area contributed by atoms with Gasteiger partial charge in [-0.15, -0.1) is 0 Å². The molecule has 0 atom stereocenters. The molecule has 1 aromatic rings. The number of hydrogen-bond acceptors (Lipinski definition) is 4. The Kier molecular flexibility index (Phi) is 7.61. The van der Waals surface area contributed by atoms with Crippen LogP contribution in [0.4, 0.5) is 5.69 Å². The second kappa shape index (κ2) is 9.71. The van der Waals surface area contributed by atoms with Gasteiger partial charge in [0.15, 0.2) is 6.61 Å². The summed E-state index contributed by atoms with van der Waals surface area (Å²) in [7, 11) is 0. The van der Waals surface area contributed by atoms with Crippen LogP contribution in [0.15, 0.2) is 24.3 Å². The number of benzene rings is 1. The lowest BCUT2D eigenvalue weighted by Crippen LogP contribution is -2.41. The van der Waals surface area contributed by atoms with Gasteiger partial charge in [-0.3, -0.25) is 9.59 Å². The van der Waals surface area contributed by atoms with Crippen molar-refractivity contribution < 1.29 is 19.1 Å². The first-order valence-corrected chi connectivity index (χ1v) is 10.1. The Bertz CT molecular complexity index is 706. The summed E-state index contributed by atoms with van der Waals surface area (Å²) < 4.78 is 5.12. The lowest BCUT2D eigenvalue weighted by molar-refractivity contribution is -0.125. The van der Waals surface area contributed by atoms with E-state index in [0.717, 1.165) is 32.1 Å². The third-order valence-electron chi connectivity index (χ3n) is 5.86. The number of carbonyl (C=O) groups is 3. The molecular weight excluding hydrogens is 356 g/mol. The van der Waals surface area contributed by atoms with E-state index in [0.29, 0.717) is 22.6 Å². The van der Waals surface area contributed by atoms with Crippen molar-refractivity contribution in [3.05, 3.63) is 29.8 Å². The molecule has 2 rings (SSSR count). The van der Waals surface area contributed by atoms with Gasteiger partial charge < -0.3 is 15.4 Å². The van der Waals surface area contributed by atoms with E-state index < -0.39 is 5.97 Å². The molecule has 0 heterocycles. The zero-order valence-corrected chi connectivity index (χ0v) is 17.3. The maximum atomic E-state index is 12.2. The zero-order valence-electron chi connectivity index (χ0n) is 17.3. The number of ether oxygens (including phenoxy) is 1. The van der Waals surface area contributed by atoms with Crippen molar-refractivity contribution in [1.29, 1.82) is 0 Å².